The first-order valence-corrected chi connectivity index (χ1v) is 2.19. The summed E-state index contributed by atoms with van der Waals surface area (Å²) < 4.78 is 8.55. The van der Waals surface area contributed by atoms with Crippen LogP contribution in [0, 0.1) is 0 Å². The molecule has 0 aliphatic heterocycles. The zero-order valence-electron chi connectivity index (χ0n) is 3.08. The van der Waals surface area contributed by atoms with Gasteiger partial charge in [-0.1, -0.05) is 0 Å². The van der Waals surface area contributed by atoms with Gasteiger partial charge < -0.3 is 24.7 Å². The van der Waals surface area contributed by atoms with E-state index >= 15 is 0 Å². The first-order valence-electron chi connectivity index (χ1n) is 0.730. The molecule has 0 unspecified atom stereocenters. The summed E-state index contributed by atoms with van der Waals surface area (Å²) in [6, 6.07) is 0. The molecule has 0 aliphatic carbocycles. The van der Waals surface area contributed by atoms with E-state index in [4.69, 9.17) is 19.2 Å². The van der Waals surface area contributed by atoms with Gasteiger partial charge in [-0.3, -0.25) is 0 Å². The summed E-state index contributed by atoms with van der Waals surface area (Å²) >= 11 is 0. The predicted molar refractivity (Wildman–Crippen MR) is 18.4 cm³/mol. The summed E-state index contributed by atoms with van der Waals surface area (Å²) in [5.41, 5.74) is 0. The predicted octanol–water partition coefficient (Wildman–Crippen LogP) is -4.30. The molecular formula is H3BiO5P-3. The van der Waals surface area contributed by atoms with E-state index in [0.29, 0.717) is 0 Å². The normalized spacial score (nSPS) is 8.43. The number of hydrogen-bond acceptors (Lipinski definition) is 4. The van der Waals surface area contributed by atoms with Crippen LogP contribution in [0.25, 0.3) is 0 Å². The summed E-state index contributed by atoms with van der Waals surface area (Å²) in [5.74, 6) is 0. The molecule has 0 aliphatic rings. The van der Waals surface area contributed by atoms with E-state index in [1.54, 1.807) is 0 Å². The summed E-state index contributed by atoms with van der Waals surface area (Å²) in [6.07, 6.45) is 0. The van der Waals surface area contributed by atoms with Crippen molar-refractivity contribution in [3.63, 3.8) is 0 Å². The Kier molecular flexibility index (Phi) is 11.4. The Morgan fingerprint density at radius 2 is 1.14 bits per heavy atom. The summed E-state index contributed by atoms with van der Waals surface area (Å²) in [7, 11) is -5.39. The second kappa shape index (κ2) is 5.10. The van der Waals surface area contributed by atoms with E-state index in [1.807, 2.05) is 0 Å². The second-order valence-electron chi connectivity index (χ2n) is 0.447. The standard InChI is InChI=1S/Bi.H3O4P.H2O.H/c;1-5(2,3)4;;/h;(H3,1,2,3,4);1H2;/p-3. The third kappa shape index (κ3) is 188. The Balaban J connectivity index is -0.0000000800. The van der Waals surface area contributed by atoms with Crippen LogP contribution in [0.5, 0.6) is 0 Å². The fourth-order valence-electron chi connectivity index (χ4n) is 0. The van der Waals surface area contributed by atoms with Crippen LogP contribution >= 0.6 is 7.82 Å². The summed E-state index contributed by atoms with van der Waals surface area (Å²) in [6.45, 7) is 0. The average Bonchev–Trinajstić information content (AvgIpc) is 0.722. The maximum atomic E-state index is 8.55. The van der Waals surface area contributed by atoms with Gasteiger partial charge in [-0.15, -0.1) is 0 Å². The van der Waals surface area contributed by atoms with Gasteiger partial charge in [-0.25, -0.2) is 0 Å². The van der Waals surface area contributed by atoms with Crippen molar-refractivity contribution in [2.75, 3.05) is 0 Å². The molecule has 5 nitrogen and oxygen atoms in total. The molecule has 0 saturated heterocycles. The molecule has 0 aromatic heterocycles. The van der Waals surface area contributed by atoms with Crippen LogP contribution in [0.2, 0.25) is 0 Å². The molecule has 0 rings (SSSR count). The quantitative estimate of drug-likeness (QED) is 0.331. The van der Waals surface area contributed by atoms with Gasteiger partial charge in [0, 0.05) is 0 Å². The zero-order chi connectivity index (χ0) is 4.50. The molecule has 0 heterocycles. The Hall–Kier alpha value is 0.953. The second-order valence-corrected chi connectivity index (χ2v) is 1.34. The van der Waals surface area contributed by atoms with Gasteiger partial charge in [0.2, 0.25) is 0 Å². The molecule has 0 bridgehead atoms. The number of hydrogen-bond donors (Lipinski definition) is 0. The minimum atomic E-state index is -5.39. The minimum absolute atomic E-state index is 0. The molecule has 46 valence electrons. The van der Waals surface area contributed by atoms with Crippen molar-refractivity contribution in [3.8, 4) is 0 Å². The van der Waals surface area contributed by atoms with Crippen molar-refractivity contribution < 1.29 is 24.7 Å². The van der Waals surface area contributed by atoms with Gasteiger partial charge >= 0.3 is 26.2 Å². The summed E-state index contributed by atoms with van der Waals surface area (Å²) in [5, 5.41) is 0. The molecule has 2 N–H and O–H groups in total. The van der Waals surface area contributed by atoms with Crippen molar-refractivity contribution in [1.82, 2.24) is 0 Å². The zero-order valence-corrected chi connectivity index (χ0v) is 7.86. The van der Waals surface area contributed by atoms with E-state index in [0.717, 1.165) is 0 Å². The van der Waals surface area contributed by atoms with E-state index < -0.39 is 7.82 Å². The van der Waals surface area contributed by atoms with Crippen molar-refractivity contribution >= 4 is 34.0 Å². The van der Waals surface area contributed by atoms with Crippen molar-refractivity contribution in [3.05, 3.63) is 0 Å². The molecule has 0 aromatic carbocycles. The van der Waals surface area contributed by atoms with Gasteiger partial charge in [0.1, 0.15) is 0 Å². The average molecular weight is 323 g/mol. The van der Waals surface area contributed by atoms with Gasteiger partial charge in [-0.05, 0) is 0 Å². The Labute approximate surface area is 59.0 Å². The molecule has 0 spiro atoms. The fourth-order valence-corrected chi connectivity index (χ4v) is 0. The SMILES string of the molecule is O.O=P([O-])([O-])[O-].[BiH]. The molecule has 0 amide bonds. The number of phosphoric acid groups is 1. The monoisotopic (exact) mass is 323 g/mol. The van der Waals surface area contributed by atoms with Crippen LogP contribution in [0.1, 0.15) is 0 Å². The Morgan fingerprint density at radius 1 is 1.14 bits per heavy atom. The van der Waals surface area contributed by atoms with Crippen LogP contribution in [0.4, 0.5) is 0 Å². The van der Waals surface area contributed by atoms with Gasteiger partial charge in [-0.2, -0.15) is 7.82 Å². The van der Waals surface area contributed by atoms with E-state index in [-0.39, 0.29) is 31.7 Å². The van der Waals surface area contributed by atoms with Gasteiger partial charge in [0.25, 0.3) is 0 Å². The van der Waals surface area contributed by atoms with E-state index in [9.17, 15) is 0 Å². The third-order valence-corrected chi connectivity index (χ3v) is 0. The van der Waals surface area contributed by atoms with E-state index in [1.165, 1.54) is 0 Å². The fraction of sp³-hybridized carbons (Fsp3) is 0. The van der Waals surface area contributed by atoms with Crippen molar-refractivity contribution in [1.29, 1.82) is 0 Å². The Morgan fingerprint density at radius 3 is 1.14 bits per heavy atom. The molecule has 2 radical (unpaired) electrons. The first-order chi connectivity index (χ1) is 2.00. The molecule has 7 heteroatoms. The van der Waals surface area contributed by atoms with Crippen LogP contribution in [0.15, 0.2) is 0 Å². The Bertz CT molecular complexity index is 54.2. The molecule has 0 aromatic rings. The molecule has 0 fully saturated rings. The maximum absolute atomic E-state index is 8.55. The van der Waals surface area contributed by atoms with E-state index in [2.05, 4.69) is 0 Å². The van der Waals surface area contributed by atoms with Crippen LogP contribution in [-0.4, -0.2) is 31.7 Å². The number of rotatable bonds is 0. The van der Waals surface area contributed by atoms with Gasteiger partial charge in [0.15, 0.2) is 0 Å². The third-order valence-electron chi connectivity index (χ3n) is 0. The molecular weight excluding hydrogens is 320 g/mol. The van der Waals surface area contributed by atoms with Crippen molar-refractivity contribution in [2.24, 2.45) is 0 Å². The van der Waals surface area contributed by atoms with Crippen LogP contribution in [0.3, 0.4) is 0 Å². The summed E-state index contributed by atoms with van der Waals surface area (Å²) in [4.78, 5) is 25.6. The van der Waals surface area contributed by atoms with Crippen LogP contribution < -0.4 is 14.7 Å². The van der Waals surface area contributed by atoms with Crippen LogP contribution in [-0.2, 0) is 4.57 Å². The topological polar surface area (TPSA) is 118 Å². The van der Waals surface area contributed by atoms with Gasteiger partial charge in [0.05, 0.1) is 0 Å². The van der Waals surface area contributed by atoms with Crippen molar-refractivity contribution in [2.45, 2.75) is 0 Å². The molecule has 0 saturated carbocycles. The molecule has 0 atom stereocenters. The molecule has 7 heavy (non-hydrogen) atoms. The first kappa shape index (κ1) is 15.7.